The monoisotopic (exact) mass is 328 g/mol. The van der Waals surface area contributed by atoms with Gasteiger partial charge in [-0.3, -0.25) is 0 Å². The summed E-state index contributed by atoms with van der Waals surface area (Å²) in [6, 6.07) is 29.0. The Balaban J connectivity index is 1.57. The van der Waals surface area contributed by atoms with E-state index in [0.717, 1.165) is 33.2 Å². The van der Waals surface area contributed by atoms with Crippen LogP contribution < -0.4 is 4.74 Å². The summed E-state index contributed by atoms with van der Waals surface area (Å²) >= 11 is 0. The predicted octanol–water partition coefficient (Wildman–Crippen LogP) is 6.22. The molecule has 0 atom stereocenters. The van der Waals surface area contributed by atoms with Crippen LogP contribution in [0.2, 0.25) is 0 Å². The molecule has 0 aliphatic heterocycles. The van der Waals surface area contributed by atoms with Crippen LogP contribution >= 0.6 is 0 Å². The third-order valence-corrected chi connectivity index (χ3v) is 4.24. The molecule has 4 rings (SSSR count). The predicted molar refractivity (Wildman–Crippen MR) is 100 cm³/mol. The van der Waals surface area contributed by atoms with Gasteiger partial charge in [0.25, 0.3) is 0 Å². The minimum absolute atomic E-state index is 0.218. The fraction of sp³-hybridized carbons (Fsp3) is 0.0435. The zero-order valence-corrected chi connectivity index (χ0v) is 13.7. The van der Waals surface area contributed by atoms with Crippen LogP contribution in [-0.2, 0) is 6.61 Å². The summed E-state index contributed by atoms with van der Waals surface area (Å²) in [5, 5.41) is 2.25. The largest absolute Gasteiger partial charge is 0.489 e. The highest BCUT2D eigenvalue weighted by Gasteiger charge is 2.03. The lowest BCUT2D eigenvalue weighted by molar-refractivity contribution is 0.306. The normalized spacial score (nSPS) is 10.8. The lowest BCUT2D eigenvalue weighted by Crippen LogP contribution is -1.94. The molecule has 4 aromatic carbocycles. The number of rotatable bonds is 4. The van der Waals surface area contributed by atoms with Crippen LogP contribution in [0.5, 0.6) is 5.75 Å². The van der Waals surface area contributed by atoms with Gasteiger partial charge in [0.1, 0.15) is 18.2 Å². The van der Waals surface area contributed by atoms with Gasteiger partial charge in [0.2, 0.25) is 0 Å². The number of fused-ring (bicyclic) bond motifs is 1. The zero-order chi connectivity index (χ0) is 17.1. The molecule has 0 saturated heterocycles. The molecule has 0 aromatic heterocycles. The Hall–Kier alpha value is -3.13. The first kappa shape index (κ1) is 15.4. The molecule has 0 spiro atoms. The van der Waals surface area contributed by atoms with Crippen molar-refractivity contribution in [2.24, 2.45) is 0 Å². The minimum atomic E-state index is -0.218. The SMILES string of the molecule is Fc1ccc(-c2ccc3cc(OCc4ccccc4)ccc3c2)cc1. The van der Waals surface area contributed by atoms with Gasteiger partial charge >= 0.3 is 0 Å². The first-order valence-electron chi connectivity index (χ1n) is 8.24. The Kier molecular flexibility index (Phi) is 4.17. The van der Waals surface area contributed by atoms with E-state index in [4.69, 9.17) is 4.74 Å². The standard InChI is InChI=1S/C23H17FO/c24-22-11-8-18(9-12-22)19-6-7-21-15-23(13-10-20(21)14-19)25-16-17-4-2-1-3-5-17/h1-15H,16H2. The second-order valence-corrected chi connectivity index (χ2v) is 6.00. The second-order valence-electron chi connectivity index (χ2n) is 6.00. The molecular formula is C23H17FO. The van der Waals surface area contributed by atoms with Gasteiger partial charge in [0, 0.05) is 0 Å². The van der Waals surface area contributed by atoms with Crippen molar-refractivity contribution in [3.05, 3.63) is 102 Å². The second kappa shape index (κ2) is 6.78. The number of benzene rings is 4. The zero-order valence-electron chi connectivity index (χ0n) is 13.7. The van der Waals surface area contributed by atoms with E-state index in [1.54, 1.807) is 12.1 Å². The van der Waals surface area contributed by atoms with E-state index in [9.17, 15) is 4.39 Å². The molecular weight excluding hydrogens is 311 g/mol. The molecule has 0 saturated carbocycles. The molecule has 0 aliphatic rings. The number of halogens is 1. The third kappa shape index (κ3) is 3.53. The molecule has 0 fully saturated rings. The van der Waals surface area contributed by atoms with Gasteiger partial charge in [-0.15, -0.1) is 0 Å². The summed E-state index contributed by atoms with van der Waals surface area (Å²) in [6.45, 7) is 0.556. The van der Waals surface area contributed by atoms with Gasteiger partial charge < -0.3 is 4.74 Å². The van der Waals surface area contributed by atoms with E-state index in [-0.39, 0.29) is 5.82 Å². The molecule has 1 nitrogen and oxygen atoms in total. The lowest BCUT2D eigenvalue weighted by Gasteiger charge is -2.09. The van der Waals surface area contributed by atoms with Crippen LogP contribution in [0.4, 0.5) is 4.39 Å². The lowest BCUT2D eigenvalue weighted by atomic mass is 10.0. The Morgan fingerprint density at radius 2 is 1.32 bits per heavy atom. The van der Waals surface area contributed by atoms with E-state index in [2.05, 4.69) is 36.4 Å². The number of ether oxygens (including phenoxy) is 1. The highest BCUT2D eigenvalue weighted by Crippen LogP contribution is 2.27. The van der Waals surface area contributed by atoms with Gasteiger partial charge in [-0.05, 0) is 57.8 Å². The van der Waals surface area contributed by atoms with Gasteiger partial charge in [0.05, 0.1) is 0 Å². The van der Waals surface area contributed by atoms with Crippen molar-refractivity contribution >= 4 is 10.8 Å². The van der Waals surface area contributed by atoms with E-state index in [1.165, 1.54) is 12.1 Å². The van der Waals surface area contributed by atoms with Crippen molar-refractivity contribution in [2.45, 2.75) is 6.61 Å². The van der Waals surface area contributed by atoms with Crippen LogP contribution in [0.15, 0.2) is 91.0 Å². The fourth-order valence-corrected chi connectivity index (χ4v) is 2.88. The molecule has 0 heterocycles. The van der Waals surface area contributed by atoms with E-state index >= 15 is 0 Å². The first-order valence-corrected chi connectivity index (χ1v) is 8.24. The summed E-state index contributed by atoms with van der Waals surface area (Å²) in [5.74, 6) is 0.635. The van der Waals surface area contributed by atoms with Gasteiger partial charge in [0.15, 0.2) is 0 Å². The van der Waals surface area contributed by atoms with E-state index in [1.807, 2.05) is 30.3 Å². The van der Waals surface area contributed by atoms with Crippen molar-refractivity contribution in [1.29, 1.82) is 0 Å². The van der Waals surface area contributed by atoms with Crippen LogP contribution in [-0.4, -0.2) is 0 Å². The molecule has 0 amide bonds. The molecule has 0 aliphatic carbocycles. The summed E-state index contributed by atoms with van der Waals surface area (Å²) in [7, 11) is 0. The summed E-state index contributed by atoms with van der Waals surface area (Å²) in [5.41, 5.74) is 3.23. The van der Waals surface area contributed by atoms with Crippen molar-refractivity contribution in [2.75, 3.05) is 0 Å². The summed E-state index contributed by atoms with van der Waals surface area (Å²) < 4.78 is 19.0. The quantitative estimate of drug-likeness (QED) is 0.432. The van der Waals surface area contributed by atoms with Crippen molar-refractivity contribution in [1.82, 2.24) is 0 Å². The number of hydrogen-bond acceptors (Lipinski definition) is 1. The maximum Gasteiger partial charge on any atom is 0.123 e. The average molecular weight is 328 g/mol. The number of hydrogen-bond donors (Lipinski definition) is 0. The molecule has 25 heavy (non-hydrogen) atoms. The Morgan fingerprint density at radius 3 is 2.12 bits per heavy atom. The van der Waals surface area contributed by atoms with Crippen LogP contribution in [0, 0.1) is 5.82 Å². The van der Waals surface area contributed by atoms with Gasteiger partial charge in [-0.25, -0.2) is 4.39 Å². The Morgan fingerprint density at radius 1 is 0.640 bits per heavy atom. The Bertz CT molecular complexity index is 991. The molecule has 4 aromatic rings. The van der Waals surface area contributed by atoms with Gasteiger partial charge in [-0.1, -0.05) is 60.7 Å². The van der Waals surface area contributed by atoms with Crippen molar-refractivity contribution in [3.63, 3.8) is 0 Å². The summed E-state index contributed by atoms with van der Waals surface area (Å²) in [4.78, 5) is 0. The highest BCUT2D eigenvalue weighted by molar-refractivity contribution is 5.88. The smallest absolute Gasteiger partial charge is 0.123 e. The third-order valence-electron chi connectivity index (χ3n) is 4.24. The molecule has 0 unspecified atom stereocenters. The van der Waals surface area contributed by atoms with E-state index in [0.29, 0.717) is 6.61 Å². The summed E-state index contributed by atoms with van der Waals surface area (Å²) in [6.07, 6.45) is 0. The molecule has 0 N–H and O–H groups in total. The van der Waals surface area contributed by atoms with E-state index < -0.39 is 0 Å². The van der Waals surface area contributed by atoms with Gasteiger partial charge in [-0.2, -0.15) is 0 Å². The van der Waals surface area contributed by atoms with Crippen LogP contribution in [0.25, 0.3) is 21.9 Å². The maximum atomic E-state index is 13.1. The van der Waals surface area contributed by atoms with Crippen molar-refractivity contribution < 1.29 is 9.13 Å². The van der Waals surface area contributed by atoms with Crippen molar-refractivity contribution in [3.8, 4) is 16.9 Å². The Labute approximate surface area is 146 Å². The topological polar surface area (TPSA) is 9.23 Å². The average Bonchev–Trinajstić information content (AvgIpc) is 2.67. The molecule has 0 radical (unpaired) electrons. The van der Waals surface area contributed by atoms with Crippen LogP contribution in [0.1, 0.15) is 5.56 Å². The van der Waals surface area contributed by atoms with Crippen LogP contribution in [0.3, 0.4) is 0 Å². The fourth-order valence-electron chi connectivity index (χ4n) is 2.88. The first-order chi connectivity index (χ1) is 12.3. The molecule has 2 heteroatoms. The maximum absolute atomic E-state index is 13.1. The molecule has 0 bridgehead atoms. The molecule has 122 valence electrons. The highest BCUT2D eigenvalue weighted by atomic mass is 19.1. The minimum Gasteiger partial charge on any atom is -0.489 e.